The normalized spacial score (nSPS) is 13.1. The number of nitrogens with one attached hydrogen (secondary N) is 2. The molecule has 8 nitrogen and oxygen atoms in total. The molecule has 0 saturated heterocycles. The fourth-order valence-corrected chi connectivity index (χ4v) is 6.82. The molecule has 0 bridgehead atoms. The maximum Gasteiger partial charge on any atom is 0.417 e. The molecule has 0 radical (unpaired) electrons. The summed E-state index contributed by atoms with van der Waals surface area (Å²) in [5.41, 5.74) is 3.83. The quantitative estimate of drug-likeness (QED) is 0.160. The molecular formula is C33H37ClF3N5O3S. The van der Waals surface area contributed by atoms with E-state index in [-0.39, 0.29) is 11.5 Å². The predicted molar refractivity (Wildman–Crippen MR) is 176 cm³/mol. The van der Waals surface area contributed by atoms with Crippen molar-refractivity contribution in [2.75, 3.05) is 31.5 Å². The van der Waals surface area contributed by atoms with Crippen molar-refractivity contribution in [1.29, 1.82) is 0 Å². The molecule has 0 aliphatic heterocycles. The van der Waals surface area contributed by atoms with E-state index in [2.05, 4.69) is 34.6 Å². The Morgan fingerprint density at radius 3 is 2.46 bits per heavy atom. The van der Waals surface area contributed by atoms with Gasteiger partial charge in [0.15, 0.2) is 0 Å². The molecule has 3 aromatic rings. The fourth-order valence-electron chi connectivity index (χ4n) is 5.31. The largest absolute Gasteiger partial charge is 0.417 e. The number of nitrogens with zero attached hydrogens (tertiary/aromatic N) is 3. The van der Waals surface area contributed by atoms with Crippen LogP contribution in [0.25, 0.3) is 0 Å². The average Bonchev–Trinajstić information content (AvgIpc) is 3.39. The molecule has 3 amide bonds. The van der Waals surface area contributed by atoms with Crippen LogP contribution in [0.2, 0.25) is 5.02 Å². The maximum atomic E-state index is 13.5. The first-order valence-corrected chi connectivity index (χ1v) is 16.3. The first kappa shape index (κ1) is 35.1. The zero-order chi connectivity index (χ0) is 33.4. The van der Waals surface area contributed by atoms with Crippen molar-refractivity contribution in [3.63, 3.8) is 0 Å². The van der Waals surface area contributed by atoms with Crippen molar-refractivity contribution in [3.05, 3.63) is 85.7 Å². The molecule has 0 unspecified atom stereocenters. The number of hydrogen-bond donors (Lipinski definition) is 2. The second-order valence-corrected chi connectivity index (χ2v) is 12.5. The maximum absolute atomic E-state index is 13.5. The Hall–Kier alpha value is -3.74. The zero-order valence-electron chi connectivity index (χ0n) is 26.0. The lowest BCUT2D eigenvalue weighted by molar-refractivity contribution is -0.137. The molecule has 0 atom stereocenters. The average molecular weight is 676 g/mol. The Balaban J connectivity index is 1.50. The van der Waals surface area contributed by atoms with Crippen LogP contribution >= 0.6 is 22.9 Å². The van der Waals surface area contributed by atoms with Crippen LogP contribution in [-0.2, 0) is 30.4 Å². The Morgan fingerprint density at radius 1 is 1.02 bits per heavy atom. The van der Waals surface area contributed by atoms with E-state index in [1.807, 2.05) is 6.07 Å². The van der Waals surface area contributed by atoms with Gasteiger partial charge in [0, 0.05) is 37.0 Å². The monoisotopic (exact) mass is 675 g/mol. The third kappa shape index (κ3) is 8.95. The van der Waals surface area contributed by atoms with Gasteiger partial charge in [0.25, 0.3) is 11.8 Å². The van der Waals surface area contributed by atoms with Crippen LogP contribution in [0.15, 0.2) is 47.6 Å². The number of anilines is 1. The molecule has 1 aromatic heterocycles. The third-order valence-electron chi connectivity index (χ3n) is 7.89. The second kappa shape index (κ2) is 15.7. The molecule has 246 valence electrons. The van der Waals surface area contributed by atoms with Gasteiger partial charge in [-0.05, 0) is 79.7 Å². The van der Waals surface area contributed by atoms with E-state index in [1.165, 1.54) is 24.3 Å². The zero-order valence-corrected chi connectivity index (χ0v) is 27.5. The number of rotatable bonds is 12. The van der Waals surface area contributed by atoms with Crippen molar-refractivity contribution < 1.29 is 27.6 Å². The Morgan fingerprint density at radius 2 is 1.76 bits per heavy atom. The van der Waals surface area contributed by atoms with Crippen molar-refractivity contribution in [2.45, 2.75) is 59.2 Å². The van der Waals surface area contributed by atoms with Crippen molar-refractivity contribution in [1.82, 2.24) is 15.2 Å². The first-order chi connectivity index (χ1) is 21.9. The SMILES string of the molecule is CCN(CC)CCN(Cc1cccc(C(=O)Nc2sc3c(c2C(=O)N/N=C/c2ccc(Cl)c(C(F)(F)F)c2)CCCC3)c1)C(C)=O. The number of fused-ring (bicyclic) bond motifs is 1. The number of alkyl halides is 3. The van der Waals surface area contributed by atoms with Gasteiger partial charge in [-0.25, -0.2) is 5.43 Å². The Labute approximate surface area is 275 Å². The number of amides is 3. The topological polar surface area (TPSA) is 94.1 Å². The minimum Gasteiger partial charge on any atom is -0.337 e. The minimum absolute atomic E-state index is 0.0543. The summed E-state index contributed by atoms with van der Waals surface area (Å²) in [5.74, 6) is -1.03. The summed E-state index contributed by atoms with van der Waals surface area (Å²) in [7, 11) is 0. The molecule has 13 heteroatoms. The van der Waals surface area contributed by atoms with E-state index in [4.69, 9.17) is 11.6 Å². The molecule has 4 rings (SSSR count). The lowest BCUT2D eigenvalue weighted by Gasteiger charge is -2.25. The second-order valence-electron chi connectivity index (χ2n) is 11.0. The summed E-state index contributed by atoms with van der Waals surface area (Å²) in [6.45, 7) is 9.14. The van der Waals surface area contributed by atoms with Crippen LogP contribution in [0.4, 0.5) is 18.2 Å². The summed E-state index contributed by atoms with van der Waals surface area (Å²) in [6.07, 6.45) is -0.253. The van der Waals surface area contributed by atoms with Crippen LogP contribution < -0.4 is 10.7 Å². The summed E-state index contributed by atoms with van der Waals surface area (Å²) < 4.78 is 39.7. The van der Waals surface area contributed by atoms with Gasteiger partial charge in [-0.1, -0.05) is 43.6 Å². The highest BCUT2D eigenvalue weighted by molar-refractivity contribution is 7.17. The number of carbonyl (C=O) groups is 3. The van der Waals surface area contributed by atoms with Crippen molar-refractivity contribution in [2.24, 2.45) is 5.10 Å². The van der Waals surface area contributed by atoms with E-state index in [1.54, 1.807) is 23.1 Å². The molecule has 1 aliphatic rings. The van der Waals surface area contributed by atoms with Gasteiger partial charge in [-0.15, -0.1) is 11.3 Å². The van der Waals surface area contributed by atoms with E-state index < -0.39 is 28.6 Å². The highest BCUT2D eigenvalue weighted by Gasteiger charge is 2.33. The molecule has 2 aromatic carbocycles. The van der Waals surface area contributed by atoms with Gasteiger partial charge in [-0.2, -0.15) is 18.3 Å². The molecule has 0 spiro atoms. The number of benzene rings is 2. The van der Waals surface area contributed by atoms with Gasteiger partial charge in [0.05, 0.1) is 22.4 Å². The van der Waals surface area contributed by atoms with Gasteiger partial charge in [0.2, 0.25) is 5.91 Å². The van der Waals surface area contributed by atoms with Crippen LogP contribution in [0.5, 0.6) is 0 Å². The summed E-state index contributed by atoms with van der Waals surface area (Å²) in [5, 5.41) is 6.74. The highest BCUT2D eigenvalue weighted by atomic mass is 35.5. The lowest BCUT2D eigenvalue weighted by Crippen LogP contribution is -2.37. The van der Waals surface area contributed by atoms with Crippen LogP contribution in [0.1, 0.15) is 81.5 Å². The first-order valence-electron chi connectivity index (χ1n) is 15.1. The lowest BCUT2D eigenvalue weighted by atomic mass is 9.95. The molecule has 1 heterocycles. The van der Waals surface area contributed by atoms with Crippen LogP contribution in [0, 0.1) is 0 Å². The number of carbonyl (C=O) groups excluding carboxylic acids is 3. The van der Waals surface area contributed by atoms with E-state index in [0.29, 0.717) is 35.6 Å². The summed E-state index contributed by atoms with van der Waals surface area (Å²) >= 11 is 7.03. The fraction of sp³-hybridized carbons (Fsp3) is 0.394. The molecule has 2 N–H and O–H groups in total. The van der Waals surface area contributed by atoms with Gasteiger partial charge in [-0.3, -0.25) is 14.4 Å². The number of hydrazone groups is 1. The number of likely N-dealkylation sites (N-methyl/N-ethyl adjacent to an activating group) is 1. The van der Waals surface area contributed by atoms with E-state index in [9.17, 15) is 27.6 Å². The minimum atomic E-state index is -4.63. The Kier molecular flexibility index (Phi) is 12.0. The van der Waals surface area contributed by atoms with E-state index >= 15 is 0 Å². The molecule has 1 aliphatic carbocycles. The number of thiophene rings is 1. The van der Waals surface area contributed by atoms with E-state index in [0.717, 1.165) is 73.2 Å². The highest BCUT2D eigenvalue weighted by Crippen LogP contribution is 2.38. The summed E-state index contributed by atoms with van der Waals surface area (Å²) in [4.78, 5) is 44.2. The smallest absolute Gasteiger partial charge is 0.337 e. The van der Waals surface area contributed by atoms with Crippen LogP contribution in [-0.4, -0.2) is 59.9 Å². The van der Waals surface area contributed by atoms with Gasteiger partial charge in [0.1, 0.15) is 5.00 Å². The molecule has 0 saturated carbocycles. The Bertz CT molecular complexity index is 1600. The summed E-state index contributed by atoms with van der Waals surface area (Å²) in [6, 6.07) is 10.4. The van der Waals surface area contributed by atoms with Crippen molar-refractivity contribution in [3.8, 4) is 0 Å². The van der Waals surface area contributed by atoms with Crippen LogP contribution in [0.3, 0.4) is 0 Å². The number of halogens is 4. The molecule has 46 heavy (non-hydrogen) atoms. The predicted octanol–water partition coefficient (Wildman–Crippen LogP) is 7.01. The van der Waals surface area contributed by atoms with Gasteiger partial charge >= 0.3 is 6.18 Å². The third-order valence-corrected chi connectivity index (χ3v) is 9.43. The molecular weight excluding hydrogens is 639 g/mol. The molecule has 0 fully saturated rings. The number of hydrogen-bond acceptors (Lipinski definition) is 6. The number of aryl methyl sites for hydroxylation is 1. The van der Waals surface area contributed by atoms with Crippen molar-refractivity contribution >= 4 is 51.9 Å². The standard InChI is InChI=1S/C33H37ClF3N5O3S/c1-4-41(5-2)15-16-42(21(3)43)20-23-9-8-10-24(17-23)30(44)39-32-29(25-11-6-7-12-28(25)46-32)31(45)40-38-19-22-13-14-27(34)26(18-22)33(35,36)37/h8-10,13-14,17-19H,4-7,11-12,15-16,20H2,1-3H3,(H,39,44)(H,40,45)/b38-19+. The van der Waals surface area contributed by atoms with Gasteiger partial charge < -0.3 is 15.1 Å².